The van der Waals surface area contributed by atoms with Gasteiger partial charge in [0.1, 0.15) is 11.6 Å². The van der Waals surface area contributed by atoms with Gasteiger partial charge in [0.15, 0.2) is 6.10 Å². The average Bonchev–Trinajstić information content (AvgIpc) is 2.49. The number of ether oxygens (including phenoxy) is 1. The molecule has 0 aromatic heterocycles. The zero-order valence-corrected chi connectivity index (χ0v) is 14.1. The summed E-state index contributed by atoms with van der Waals surface area (Å²) in [6, 6.07) is 8.90. The Balaban J connectivity index is 2.03. The summed E-state index contributed by atoms with van der Waals surface area (Å²) in [5.74, 6) is -0.830. The Morgan fingerprint density at radius 2 is 1.88 bits per heavy atom. The smallest absolute Gasteiger partial charge is 0.265 e. The van der Waals surface area contributed by atoms with Crippen LogP contribution in [0.1, 0.15) is 6.92 Å². The molecule has 128 valence electrons. The van der Waals surface area contributed by atoms with Crippen molar-refractivity contribution in [3.8, 4) is 5.75 Å². The van der Waals surface area contributed by atoms with Gasteiger partial charge in [-0.05, 0) is 49.4 Å². The summed E-state index contributed by atoms with van der Waals surface area (Å²) in [5.41, 5.74) is 0.369. The van der Waals surface area contributed by atoms with Gasteiger partial charge >= 0.3 is 0 Å². The van der Waals surface area contributed by atoms with E-state index in [1.165, 1.54) is 37.3 Å². The fraction of sp³-hybridized carbons (Fsp3) is 0.133. The molecule has 0 saturated heterocycles. The number of sulfonamides is 1. The number of carbonyl (C=O) groups excluding carboxylic acids is 1. The number of halogens is 2. The molecule has 0 aliphatic heterocycles. The third kappa shape index (κ3) is 4.67. The molecule has 1 amide bonds. The first-order valence-corrected chi connectivity index (χ1v) is 8.64. The molecule has 0 spiro atoms. The quantitative estimate of drug-likeness (QED) is 0.842. The van der Waals surface area contributed by atoms with Gasteiger partial charge in [0.25, 0.3) is 5.91 Å². The highest BCUT2D eigenvalue weighted by Crippen LogP contribution is 2.26. The number of primary sulfonamides is 1. The lowest BCUT2D eigenvalue weighted by molar-refractivity contribution is -0.122. The number of hydrogen-bond acceptors (Lipinski definition) is 4. The van der Waals surface area contributed by atoms with Crippen LogP contribution in [0.4, 0.5) is 10.1 Å². The molecule has 0 unspecified atom stereocenters. The first kappa shape index (κ1) is 18.2. The van der Waals surface area contributed by atoms with Crippen molar-refractivity contribution >= 4 is 33.2 Å². The lowest BCUT2D eigenvalue weighted by atomic mass is 10.3. The Kier molecular flexibility index (Phi) is 5.43. The number of carbonyl (C=O) groups is 1. The van der Waals surface area contributed by atoms with E-state index in [2.05, 4.69) is 5.32 Å². The Bertz CT molecular complexity index is 856. The minimum Gasteiger partial charge on any atom is -0.479 e. The van der Waals surface area contributed by atoms with E-state index in [1.807, 2.05) is 0 Å². The van der Waals surface area contributed by atoms with Gasteiger partial charge in [-0.3, -0.25) is 4.79 Å². The van der Waals surface area contributed by atoms with Crippen LogP contribution in [-0.2, 0) is 14.8 Å². The molecule has 0 saturated carbocycles. The zero-order chi connectivity index (χ0) is 17.9. The van der Waals surface area contributed by atoms with E-state index in [4.69, 9.17) is 21.5 Å². The van der Waals surface area contributed by atoms with Crippen LogP contribution in [0, 0.1) is 5.82 Å². The van der Waals surface area contributed by atoms with E-state index < -0.39 is 27.9 Å². The van der Waals surface area contributed by atoms with Gasteiger partial charge in [-0.2, -0.15) is 0 Å². The van der Waals surface area contributed by atoms with E-state index in [-0.39, 0.29) is 15.7 Å². The molecule has 0 radical (unpaired) electrons. The summed E-state index contributed by atoms with van der Waals surface area (Å²) in [4.78, 5) is 12.0. The van der Waals surface area contributed by atoms with Crippen molar-refractivity contribution in [2.45, 2.75) is 17.9 Å². The maximum absolute atomic E-state index is 13.0. The Hall–Kier alpha value is -2.16. The van der Waals surface area contributed by atoms with Crippen molar-refractivity contribution in [2.24, 2.45) is 5.14 Å². The van der Waals surface area contributed by atoms with Crippen molar-refractivity contribution in [3.05, 3.63) is 53.3 Å². The fourth-order valence-corrected chi connectivity index (χ4v) is 2.51. The molecule has 0 aliphatic rings. The van der Waals surface area contributed by atoms with E-state index in [9.17, 15) is 17.6 Å². The Labute approximate surface area is 143 Å². The van der Waals surface area contributed by atoms with Crippen molar-refractivity contribution in [2.75, 3.05) is 5.32 Å². The first-order valence-electron chi connectivity index (χ1n) is 6.72. The SMILES string of the molecule is C[C@H](Oc1ccc(F)cc1Cl)C(=O)Nc1ccc(S(N)(=O)=O)cc1. The Morgan fingerprint density at radius 3 is 2.42 bits per heavy atom. The van der Waals surface area contributed by atoms with Crippen LogP contribution < -0.4 is 15.2 Å². The first-order chi connectivity index (χ1) is 11.2. The second kappa shape index (κ2) is 7.16. The maximum atomic E-state index is 13.0. The van der Waals surface area contributed by atoms with Gasteiger partial charge < -0.3 is 10.1 Å². The second-order valence-electron chi connectivity index (χ2n) is 4.89. The summed E-state index contributed by atoms with van der Waals surface area (Å²) in [5, 5.41) is 7.60. The molecule has 0 aliphatic carbocycles. The standard InChI is InChI=1S/C15H14ClFN2O4S/c1-9(23-14-7-2-10(17)8-13(14)16)15(20)19-11-3-5-12(6-4-11)24(18,21)22/h2-9H,1H3,(H,19,20)(H2,18,21,22)/t9-/m0/s1. The normalized spacial score (nSPS) is 12.5. The van der Waals surface area contributed by atoms with Gasteiger partial charge in [0.05, 0.1) is 9.92 Å². The van der Waals surface area contributed by atoms with Gasteiger partial charge in [0.2, 0.25) is 10.0 Å². The molecule has 2 rings (SSSR count). The molecule has 0 bridgehead atoms. The van der Waals surface area contributed by atoms with Crippen molar-refractivity contribution in [3.63, 3.8) is 0 Å². The summed E-state index contributed by atoms with van der Waals surface area (Å²) >= 11 is 5.83. The number of nitrogens with one attached hydrogen (secondary N) is 1. The zero-order valence-electron chi connectivity index (χ0n) is 12.5. The summed E-state index contributed by atoms with van der Waals surface area (Å²) < 4.78 is 40.7. The number of hydrogen-bond donors (Lipinski definition) is 2. The van der Waals surface area contributed by atoms with E-state index >= 15 is 0 Å². The maximum Gasteiger partial charge on any atom is 0.265 e. The van der Waals surface area contributed by atoms with Gasteiger partial charge in [0, 0.05) is 5.69 Å². The second-order valence-corrected chi connectivity index (χ2v) is 6.86. The number of nitrogens with two attached hydrogens (primary N) is 1. The lowest BCUT2D eigenvalue weighted by Crippen LogP contribution is -2.30. The highest BCUT2D eigenvalue weighted by Gasteiger charge is 2.17. The topological polar surface area (TPSA) is 98.5 Å². The molecule has 6 nitrogen and oxygen atoms in total. The molecule has 0 heterocycles. The van der Waals surface area contributed by atoms with Crippen LogP contribution in [0.3, 0.4) is 0 Å². The molecule has 3 N–H and O–H groups in total. The van der Waals surface area contributed by atoms with Gasteiger partial charge in [-0.15, -0.1) is 0 Å². The summed E-state index contributed by atoms with van der Waals surface area (Å²) in [6.07, 6.45) is -0.911. The van der Waals surface area contributed by atoms with Crippen LogP contribution in [0.2, 0.25) is 5.02 Å². The predicted octanol–water partition coefficient (Wildman–Crippen LogP) is 2.53. The van der Waals surface area contributed by atoms with Crippen LogP contribution in [0.5, 0.6) is 5.75 Å². The average molecular weight is 373 g/mol. The molecule has 2 aromatic carbocycles. The van der Waals surface area contributed by atoms with Crippen molar-refractivity contribution in [1.82, 2.24) is 0 Å². The minimum absolute atomic E-state index is 0.0483. The molecular weight excluding hydrogens is 359 g/mol. The van der Waals surface area contributed by atoms with Crippen LogP contribution in [0.25, 0.3) is 0 Å². The molecule has 9 heteroatoms. The van der Waals surface area contributed by atoms with Crippen LogP contribution in [-0.4, -0.2) is 20.4 Å². The van der Waals surface area contributed by atoms with Gasteiger partial charge in [-0.25, -0.2) is 17.9 Å². The molecule has 24 heavy (non-hydrogen) atoms. The number of rotatable bonds is 5. The summed E-state index contributed by atoms with van der Waals surface area (Å²) in [6.45, 7) is 1.49. The van der Waals surface area contributed by atoms with E-state index in [0.717, 1.165) is 12.1 Å². The largest absolute Gasteiger partial charge is 0.479 e. The predicted molar refractivity (Wildman–Crippen MR) is 87.9 cm³/mol. The lowest BCUT2D eigenvalue weighted by Gasteiger charge is -2.15. The molecular formula is C15H14ClFN2O4S. The Morgan fingerprint density at radius 1 is 1.25 bits per heavy atom. The van der Waals surface area contributed by atoms with Gasteiger partial charge in [-0.1, -0.05) is 11.6 Å². The monoisotopic (exact) mass is 372 g/mol. The highest BCUT2D eigenvalue weighted by atomic mass is 35.5. The van der Waals surface area contributed by atoms with Crippen LogP contribution in [0.15, 0.2) is 47.4 Å². The number of anilines is 1. The van der Waals surface area contributed by atoms with Crippen molar-refractivity contribution < 1.29 is 22.3 Å². The summed E-state index contributed by atoms with van der Waals surface area (Å²) in [7, 11) is -3.80. The third-order valence-electron chi connectivity index (χ3n) is 3.02. The molecule has 0 fully saturated rings. The van der Waals surface area contributed by atoms with Crippen LogP contribution >= 0.6 is 11.6 Å². The fourth-order valence-electron chi connectivity index (χ4n) is 1.79. The highest BCUT2D eigenvalue weighted by molar-refractivity contribution is 7.89. The van der Waals surface area contributed by atoms with E-state index in [0.29, 0.717) is 5.69 Å². The van der Waals surface area contributed by atoms with E-state index in [1.54, 1.807) is 0 Å². The number of benzene rings is 2. The molecule has 2 aromatic rings. The minimum atomic E-state index is -3.80. The number of amides is 1. The van der Waals surface area contributed by atoms with Crippen molar-refractivity contribution in [1.29, 1.82) is 0 Å². The molecule has 1 atom stereocenters. The third-order valence-corrected chi connectivity index (χ3v) is 4.24.